The van der Waals surface area contributed by atoms with Crippen molar-refractivity contribution in [2.45, 2.75) is 83.0 Å². The zero-order chi connectivity index (χ0) is 23.6. The van der Waals surface area contributed by atoms with Crippen LogP contribution in [-0.4, -0.2) is 42.9 Å². The van der Waals surface area contributed by atoms with Crippen LogP contribution in [0.2, 0.25) is 5.28 Å². The number of carboxylic acid groups (broad SMARTS) is 1. The number of aliphatic hydroxyl groups excluding tert-OH is 1. The predicted octanol–water partition coefficient (Wildman–Crippen LogP) is 4.55. The molecule has 2 atom stereocenters. The molecule has 0 bridgehead atoms. The van der Waals surface area contributed by atoms with Gasteiger partial charge in [-0.1, -0.05) is 51.4 Å². The second-order valence-corrected chi connectivity index (χ2v) is 8.35. The molecule has 1 aliphatic rings. The minimum absolute atomic E-state index is 0.0818. The second kappa shape index (κ2) is 12.6. The van der Waals surface area contributed by atoms with E-state index in [1.807, 2.05) is 4.57 Å². The van der Waals surface area contributed by atoms with E-state index in [0.717, 1.165) is 12.8 Å². The number of carbonyl (C=O) groups is 1. The molecule has 32 heavy (non-hydrogen) atoms. The lowest BCUT2D eigenvalue weighted by molar-refractivity contribution is -0.137. The summed E-state index contributed by atoms with van der Waals surface area (Å²) in [6, 6.07) is 1.80. The van der Waals surface area contributed by atoms with Gasteiger partial charge in [0.15, 0.2) is 5.60 Å². The molecule has 0 aromatic carbocycles. The Bertz CT molecular complexity index is 927. The van der Waals surface area contributed by atoms with Gasteiger partial charge in [0.25, 0.3) is 0 Å². The molecule has 2 aromatic rings. The van der Waals surface area contributed by atoms with Gasteiger partial charge in [-0.15, -0.1) is 6.42 Å². The van der Waals surface area contributed by atoms with Crippen LogP contribution in [0.25, 0.3) is 11.0 Å². The fraction of sp³-hybridized carbons (Fsp3) is 0.609. The Morgan fingerprint density at radius 2 is 2.03 bits per heavy atom. The fourth-order valence-electron chi connectivity index (χ4n) is 3.69. The van der Waals surface area contributed by atoms with Crippen LogP contribution in [0.4, 0.5) is 5.82 Å². The maximum Gasteiger partial charge on any atom is 0.303 e. The van der Waals surface area contributed by atoms with E-state index in [4.69, 9.17) is 33.6 Å². The van der Waals surface area contributed by atoms with Crippen molar-refractivity contribution in [2.24, 2.45) is 0 Å². The Morgan fingerprint density at radius 3 is 2.62 bits per heavy atom. The van der Waals surface area contributed by atoms with Crippen LogP contribution in [0.15, 0.2) is 12.3 Å². The lowest BCUT2D eigenvalue weighted by Crippen LogP contribution is -2.31. The molecule has 2 aromatic heterocycles. The molecule has 176 valence electrons. The first-order valence-corrected chi connectivity index (χ1v) is 11.5. The number of rotatable bonds is 10. The average Bonchev–Trinajstić information content (AvgIpc) is 3.38. The number of hydrogen-bond donors (Lipinski definition) is 3. The summed E-state index contributed by atoms with van der Waals surface area (Å²) in [5, 5.41) is 18.5. The molecule has 2 unspecified atom stereocenters. The number of ether oxygens (including phenoxy) is 1. The van der Waals surface area contributed by atoms with Crippen molar-refractivity contribution in [2.75, 3.05) is 12.3 Å². The van der Waals surface area contributed by atoms with E-state index in [-0.39, 0.29) is 18.1 Å². The van der Waals surface area contributed by atoms with Crippen molar-refractivity contribution in [3.05, 3.63) is 17.5 Å². The molecule has 0 spiro atoms. The number of hydrogen-bond acceptors (Lipinski definition) is 6. The summed E-state index contributed by atoms with van der Waals surface area (Å²) in [6.07, 6.45) is 16.8. The number of aromatic nitrogens is 3. The number of terminal acetylenes is 1. The van der Waals surface area contributed by atoms with E-state index in [2.05, 4.69) is 22.8 Å². The molecule has 8 nitrogen and oxygen atoms in total. The Balaban J connectivity index is 0.000000262. The topological polar surface area (TPSA) is 123 Å². The summed E-state index contributed by atoms with van der Waals surface area (Å²) < 4.78 is 7.63. The molecule has 0 amide bonds. The zero-order valence-corrected chi connectivity index (χ0v) is 19.4. The summed E-state index contributed by atoms with van der Waals surface area (Å²) >= 11 is 5.84. The van der Waals surface area contributed by atoms with Crippen molar-refractivity contribution in [1.29, 1.82) is 0 Å². The average molecular weight is 465 g/mol. The van der Waals surface area contributed by atoms with Gasteiger partial charge in [-0.05, 0) is 36.9 Å². The molecule has 0 aliphatic carbocycles. The van der Waals surface area contributed by atoms with Crippen molar-refractivity contribution < 1.29 is 19.7 Å². The molecule has 4 N–H and O–H groups in total. The first-order valence-electron chi connectivity index (χ1n) is 11.1. The second-order valence-electron chi connectivity index (χ2n) is 8.01. The normalized spacial score (nSPS) is 20.0. The Kier molecular flexibility index (Phi) is 10.2. The minimum Gasteiger partial charge on any atom is -0.481 e. The van der Waals surface area contributed by atoms with E-state index in [0.29, 0.717) is 36.1 Å². The van der Waals surface area contributed by atoms with Crippen molar-refractivity contribution in [1.82, 2.24) is 14.5 Å². The minimum atomic E-state index is -0.927. The molecule has 1 saturated heterocycles. The monoisotopic (exact) mass is 464 g/mol. The van der Waals surface area contributed by atoms with E-state index < -0.39 is 11.6 Å². The van der Waals surface area contributed by atoms with Crippen LogP contribution < -0.4 is 5.73 Å². The number of nitrogen functional groups attached to an aromatic ring is 1. The third-order valence-corrected chi connectivity index (χ3v) is 5.72. The summed E-state index contributed by atoms with van der Waals surface area (Å²) in [6.45, 7) is 1.99. The number of aliphatic hydroxyl groups is 1. The summed E-state index contributed by atoms with van der Waals surface area (Å²) in [5.74, 6) is 2.18. The molecule has 1 aliphatic heterocycles. The standard InChI is InChI=1S/C13H13ClN4O2.C10H20O2/c1-2-13(7-19)5-3-9(20-13)18-6-4-8-10(15)16-12(14)17-11(8)18;1-2-3-4-5-6-7-8-9-10(11)12/h1,4,6,9,19H,3,5,7H2,(H2,15,16,17);2-9H2,1H3,(H,11,12). The Labute approximate surface area is 194 Å². The van der Waals surface area contributed by atoms with Gasteiger partial charge < -0.3 is 25.3 Å². The molecule has 3 heterocycles. The number of nitrogens with zero attached hydrogens (tertiary/aromatic N) is 3. The SMILES string of the molecule is C#CC1(CO)CCC(n2ccc3c(N)nc(Cl)nc32)O1.CCCCCCCCCC(=O)O. The first kappa shape index (κ1) is 25.9. The summed E-state index contributed by atoms with van der Waals surface area (Å²) in [4.78, 5) is 18.2. The number of carboxylic acids is 1. The Hall–Kier alpha value is -2.34. The lowest BCUT2D eigenvalue weighted by atomic mass is 10.0. The highest BCUT2D eigenvalue weighted by Crippen LogP contribution is 2.37. The highest BCUT2D eigenvalue weighted by molar-refractivity contribution is 6.28. The number of fused-ring (bicyclic) bond motifs is 1. The number of halogens is 1. The van der Waals surface area contributed by atoms with Crippen LogP contribution in [0.1, 0.15) is 77.4 Å². The van der Waals surface area contributed by atoms with Crippen LogP contribution in [0.5, 0.6) is 0 Å². The van der Waals surface area contributed by atoms with Crippen molar-refractivity contribution in [3.63, 3.8) is 0 Å². The van der Waals surface area contributed by atoms with Gasteiger partial charge in [0, 0.05) is 12.6 Å². The zero-order valence-electron chi connectivity index (χ0n) is 18.6. The van der Waals surface area contributed by atoms with E-state index >= 15 is 0 Å². The van der Waals surface area contributed by atoms with Gasteiger partial charge in [0.2, 0.25) is 5.28 Å². The summed E-state index contributed by atoms with van der Waals surface area (Å²) in [7, 11) is 0. The lowest BCUT2D eigenvalue weighted by Gasteiger charge is -2.21. The molecular formula is C23H33ClN4O4. The van der Waals surface area contributed by atoms with Crippen molar-refractivity contribution in [3.8, 4) is 12.3 Å². The maximum atomic E-state index is 10.1. The molecular weight excluding hydrogens is 432 g/mol. The smallest absolute Gasteiger partial charge is 0.303 e. The highest BCUT2D eigenvalue weighted by Gasteiger charge is 2.39. The van der Waals surface area contributed by atoms with Crippen LogP contribution in [-0.2, 0) is 9.53 Å². The van der Waals surface area contributed by atoms with Crippen LogP contribution >= 0.6 is 11.6 Å². The molecule has 1 fully saturated rings. The van der Waals surface area contributed by atoms with E-state index in [1.165, 1.54) is 32.1 Å². The molecule has 0 radical (unpaired) electrons. The Morgan fingerprint density at radius 1 is 1.34 bits per heavy atom. The van der Waals surface area contributed by atoms with Gasteiger partial charge in [-0.3, -0.25) is 4.79 Å². The van der Waals surface area contributed by atoms with E-state index in [9.17, 15) is 9.90 Å². The molecule has 9 heteroatoms. The number of aliphatic carboxylic acids is 1. The molecule has 0 saturated carbocycles. The molecule has 3 rings (SSSR count). The largest absolute Gasteiger partial charge is 0.481 e. The van der Waals surface area contributed by atoms with Crippen molar-refractivity contribution >= 4 is 34.4 Å². The van der Waals surface area contributed by atoms with Crippen LogP contribution in [0.3, 0.4) is 0 Å². The van der Waals surface area contributed by atoms with Crippen LogP contribution in [0, 0.1) is 12.3 Å². The third-order valence-electron chi connectivity index (χ3n) is 5.55. The van der Waals surface area contributed by atoms with Gasteiger partial charge in [-0.25, -0.2) is 4.98 Å². The third kappa shape index (κ3) is 7.09. The highest BCUT2D eigenvalue weighted by atomic mass is 35.5. The van der Waals surface area contributed by atoms with Gasteiger partial charge in [-0.2, -0.15) is 4.98 Å². The predicted molar refractivity (Wildman–Crippen MR) is 125 cm³/mol. The number of nitrogens with two attached hydrogens (primary N) is 1. The number of anilines is 1. The van der Waals surface area contributed by atoms with Gasteiger partial charge >= 0.3 is 5.97 Å². The van der Waals surface area contributed by atoms with Gasteiger partial charge in [0.1, 0.15) is 17.7 Å². The van der Waals surface area contributed by atoms with Gasteiger partial charge in [0.05, 0.1) is 12.0 Å². The first-order chi connectivity index (χ1) is 15.4. The summed E-state index contributed by atoms with van der Waals surface area (Å²) in [5.41, 5.74) is 5.48. The fourth-order valence-corrected chi connectivity index (χ4v) is 3.86. The number of unbranched alkanes of at least 4 members (excludes halogenated alkanes) is 6. The quantitative estimate of drug-likeness (QED) is 0.267. The van der Waals surface area contributed by atoms with E-state index in [1.54, 1.807) is 12.3 Å². The maximum absolute atomic E-state index is 10.1.